The van der Waals surface area contributed by atoms with Crippen molar-refractivity contribution in [2.75, 3.05) is 31.5 Å². The van der Waals surface area contributed by atoms with Crippen LogP contribution in [0.2, 0.25) is 0 Å². The molecule has 3 rings (SSSR count). The fourth-order valence-electron chi connectivity index (χ4n) is 3.35. The topological polar surface area (TPSA) is 65.5 Å². The number of aromatic nitrogens is 1. The number of nitrogens with zero attached hydrogens (tertiary/aromatic N) is 3. The summed E-state index contributed by atoms with van der Waals surface area (Å²) >= 11 is 1.62. The first-order valence-electron chi connectivity index (χ1n) is 8.99. The average Bonchev–Trinajstić information content (AvgIpc) is 2.77. The van der Waals surface area contributed by atoms with E-state index < -0.39 is 0 Å². The number of thiazole rings is 1. The summed E-state index contributed by atoms with van der Waals surface area (Å²) in [5.74, 6) is 0.168. The fraction of sp³-hybridized carbons (Fsp3) is 0.706. The van der Waals surface area contributed by atoms with Crippen molar-refractivity contribution in [3.63, 3.8) is 0 Å². The Morgan fingerprint density at radius 3 is 2.62 bits per heavy atom. The molecule has 1 aromatic rings. The van der Waals surface area contributed by atoms with Gasteiger partial charge in [-0.2, -0.15) is 0 Å². The highest BCUT2D eigenvalue weighted by Gasteiger charge is 2.22. The number of amides is 3. The average molecular weight is 350 g/mol. The summed E-state index contributed by atoms with van der Waals surface area (Å²) in [5.41, 5.74) is 1.17. The van der Waals surface area contributed by atoms with Crippen molar-refractivity contribution in [2.45, 2.75) is 51.9 Å². The Hall–Kier alpha value is -1.63. The Kier molecular flexibility index (Phi) is 5.71. The van der Waals surface area contributed by atoms with E-state index in [9.17, 15) is 9.59 Å². The van der Waals surface area contributed by atoms with Gasteiger partial charge in [0.2, 0.25) is 5.91 Å². The quantitative estimate of drug-likeness (QED) is 0.834. The molecular formula is C17H26N4O2S. The molecule has 1 N–H and O–H groups in total. The van der Waals surface area contributed by atoms with Crippen molar-refractivity contribution < 1.29 is 9.59 Å². The van der Waals surface area contributed by atoms with E-state index in [1.807, 2.05) is 11.8 Å². The van der Waals surface area contributed by atoms with E-state index >= 15 is 0 Å². The summed E-state index contributed by atoms with van der Waals surface area (Å²) in [4.78, 5) is 34.0. The summed E-state index contributed by atoms with van der Waals surface area (Å²) in [7, 11) is 0. The molecule has 24 heavy (non-hydrogen) atoms. The number of nitrogens with one attached hydrogen (secondary N) is 1. The number of carbonyl (C=O) groups excluding carboxylic acids is 2. The molecule has 1 fully saturated rings. The monoisotopic (exact) mass is 350 g/mol. The van der Waals surface area contributed by atoms with E-state index in [0.717, 1.165) is 30.9 Å². The lowest BCUT2D eigenvalue weighted by Crippen LogP contribution is -2.39. The first-order valence-corrected chi connectivity index (χ1v) is 9.81. The minimum atomic E-state index is -0.0929. The van der Waals surface area contributed by atoms with Gasteiger partial charge in [-0.3, -0.25) is 10.1 Å². The van der Waals surface area contributed by atoms with Crippen LogP contribution in [-0.4, -0.2) is 52.9 Å². The minimum absolute atomic E-state index is 0.0929. The second-order valence-corrected chi connectivity index (χ2v) is 7.54. The lowest BCUT2D eigenvalue weighted by Gasteiger charge is -2.21. The Morgan fingerprint density at radius 2 is 1.79 bits per heavy atom. The molecule has 2 heterocycles. The molecule has 1 aliphatic heterocycles. The summed E-state index contributed by atoms with van der Waals surface area (Å²) in [6.07, 6.45) is 7.14. The molecule has 7 heteroatoms. The van der Waals surface area contributed by atoms with Crippen molar-refractivity contribution in [1.29, 1.82) is 0 Å². The smallest absolute Gasteiger partial charge is 0.323 e. The van der Waals surface area contributed by atoms with Gasteiger partial charge in [-0.05, 0) is 32.1 Å². The molecule has 132 valence electrons. The second kappa shape index (κ2) is 7.96. The lowest BCUT2D eigenvalue weighted by atomic mass is 10.2. The Balaban J connectivity index is 1.58. The van der Waals surface area contributed by atoms with Crippen molar-refractivity contribution in [1.82, 2.24) is 14.8 Å². The molecule has 1 aromatic heterocycles. The van der Waals surface area contributed by atoms with Crippen molar-refractivity contribution in [3.05, 3.63) is 10.6 Å². The van der Waals surface area contributed by atoms with E-state index in [-0.39, 0.29) is 11.9 Å². The maximum Gasteiger partial charge on any atom is 0.323 e. The Labute approximate surface area is 147 Å². The minimum Gasteiger partial charge on any atom is -0.341 e. The van der Waals surface area contributed by atoms with Gasteiger partial charge < -0.3 is 9.80 Å². The van der Waals surface area contributed by atoms with Gasteiger partial charge in [0.15, 0.2) is 5.13 Å². The van der Waals surface area contributed by atoms with Gasteiger partial charge in [0.25, 0.3) is 0 Å². The highest BCUT2D eigenvalue weighted by Crippen LogP contribution is 2.29. The third-order valence-corrected chi connectivity index (χ3v) is 5.82. The largest absolute Gasteiger partial charge is 0.341 e. The maximum absolute atomic E-state index is 12.5. The number of fused-ring (bicyclic) bond motifs is 1. The van der Waals surface area contributed by atoms with Gasteiger partial charge in [0.05, 0.1) is 5.69 Å². The van der Waals surface area contributed by atoms with Crippen LogP contribution in [0.15, 0.2) is 0 Å². The maximum atomic E-state index is 12.5. The zero-order valence-electron chi connectivity index (χ0n) is 14.3. The zero-order chi connectivity index (χ0) is 16.9. The van der Waals surface area contributed by atoms with E-state index in [1.54, 1.807) is 16.2 Å². The van der Waals surface area contributed by atoms with E-state index in [1.165, 1.54) is 29.8 Å². The molecule has 2 aliphatic rings. The van der Waals surface area contributed by atoms with Crippen molar-refractivity contribution >= 4 is 28.4 Å². The molecule has 3 amide bonds. The third-order valence-electron chi connectivity index (χ3n) is 4.75. The van der Waals surface area contributed by atoms with Crippen LogP contribution in [0.1, 0.15) is 49.6 Å². The molecule has 0 atom stereocenters. The van der Waals surface area contributed by atoms with E-state index in [0.29, 0.717) is 26.1 Å². The summed E-state index contributed by atoms with van der Waals surface area (Å²) < 4.78 is 0. The normalized spacial score (nSPS) is 18.5. The number of rotatable bonds is 2. The number of hydrogen-bond acceptors (Lipinski definition) is 4. The summed E-state index contributed by atoms with van der Waals surface area (Å²) in [5, 5.41) is 3.69. The predicted octanol–water partition coefficient (Wildman–Crippen LogP) is 2.89. The van der Waals surface area contributed by atoms with Crippen LogP contribution < -0.4 is 5.32 Å². The zero-order valence-corrected chi connectivity index (χ0v) is 15.2. The van der Waals surface area contributed by atoms with Crippen LogP contribution in [0.5, 0.6) is 0 Å². The van der Waals surface area contributed by atoms with E-state index in [4.69, 9.17) is 0 Å². The summed E-state index contributed by atoms with van der Waals surface area (Å²) in [6, 6.07) is -0.0929. The van der Waals surface area contributed by atoms with E-state index in [2.05, 4.69) is 10.3 Å². The molecule has 0 bridgehead atoms. The van der Waals surface area contributed by atoms with Crippen molar-refractivity contribution in [3.8, 4) is 0 Å². The lowest BCUT2D eigenvalue weighted by molar-refractivity contribution is -0.130. The van der Waals surface area contributed by atoms with Gasteiger partial charge in [-0.25, -0.2) is 9.78 Å². The van der Waals surface area contributed by atoms with Gasteiger partial charge in [0.1, 0.15) is 0 Å². The van der Waals surface area contributed by atoms with Gasteiger partial charge in [0, 0.05) is 37.5 Å². The molecule has 0 unspecified atom stereocenters. The number of aryl methyl sites for hydroxylation is 2. The van der Waals surface area contributed by atoms with Crippen LogP contribution in [0, 0.1) is 0 Å². The van der Waals surface area contributed by atoms with Gasteiger partial charge in [-0.1, -0.05) is 13.3 Å². The van der Waals surface area contributed by atoms with Crippen molar-refractivity contribution in [2.24, 2.45) is 0 Å². The predicted molar refractivity (Wildman–Crippen MR) is 95.5 cm³/mol. The fourth-order valence-corrected chi connectivity index (χ4v) is 4.39. The number of hydrogen-bond donors (Lipinski definition) is 1. The first-order chi connectivity index (χ1) is 11.7. The third kappa shape index (κ3) is 4.06. The molecule has 1 aliphatic carbocycles. The highest BCUT2D eigenvalue weighted by molar-refractivity contribution is 7.15. The molecule has 0 saturated carbocycles. The van der Waals surface area contributed by atoms with Crippen LogP contribution in [0.4, 0.5) is 9.93 Å². The Morgan fingerprint density at radius 1 is 1.04 bits per heavy atom. The number of anilines is 1. The number of urea groups is 1. The molecule has 0 spiro atoms. The molecule has 0 radical (unpaired) electrons. The highest BCUT2D eigenvalue weighted by atomic mass is 32.1. The number of carbonyl (C=O) groups is 2. The molecule has 6 nitrogen and oxygen atoms in total. The molecule has 1 saturated heterocycles. The standard InChI is InChI=1S/C17H26N4O2S/c1-2-15(22)20-9-6-10-21(12-11-20)17(23)19-16-18-13-7-4-3-5-8-14(13)24-16/h2-12H2,1H3,(H,18,19,23). The van der Waals surface area contributed by atoms with Gasteiger partial charge in [-0.15, -0.1) is 11.3 Å². The molecular weight excluding hydrogens is 324 g/mol. The second-order valence-electron chi connectivity index (χ2n) is 6.45. The Bertz CT molecular complexity index is 578. The van der Waals surface area contributed by atoms with Crippen LogP contribution in [-0.2, 0) is 17.6 Å². The van der Waals surface area contributed by atoms with Crippen LogP contribution in [0.25, 0.3) is 0 Å². The van der Waals surface area contributed by atoms with Crippen LogP contribution in [0.3, 0.4) is 0 Å². The summed E-state index contributed by atoms with van der Waals surface area (Å²) in [6.45, 7) is 4.51. The van der Waals surface area contributed by atoms with Gasteiger partial charge >= 0.3 is 6.03 Å². The molecule has 0 aromatic carbocycles. The first kappa shape index (κ1) is 17.2. The SMILES string of the molecule is CCC(=O)N1CCCN(C(=O)Nc2nc3c(s2)CCCCC3)CC1. The van der Waals surface area contributed by atoms with Crippen LogP contribution >= 0.6 is 11.3 Å².